The molecular weight excluding hydrogens is 274 g/mol. The van der Waals surface area contributed by atoms with E-state index in [1.165, 1.54) is 0 Å². The molecule has 0 bridgehead atoms. The first-order valence-corrected chi connectivity index (χ1v) is 5.95. The van der Waals surface area contributed by atoms with E-state index in [-0.39, 0.29) is 16.1 Å². The molecule has 19 heavy (non-hydrogen) atoms. The van der Waals surface area contributed by atoms with E-state index >= 15 is 0 Å². The van der Waals surface area contributed by atoms with Crippen molar-refractivity contribution in [1.82, 2.24) is 4.90 Å². The van der Waals surface area contributed by atoms with Crippen LogP contribution in [0.2, 0.25) is 0 Å². The highest BCUT2D eigenvalue weighted by Crippen LogP contribution is 2.27. The Bertz CT molecular complexity index is 563. The molecule has 7 heteroatoms. The monoisotopic (exact) mass is 284 g/mol. The van der Waals surface area contributed by atoms with E-state index in [2.05, 4.69) is 0 Å². The van der Waals surface area contributed by atoms with E-state index < -0.39 is 29.5 Å². The first-order valence-electron chi connectivity index (χ1n) is 5.54. The molecular formula is C12H10F2N2O2S. The number of thiocarbonyl (C=S) groups is 1. The lowest BCUT2D eigenvalue weighted by atomic mass is 10.1. The lowest BCUT2D eigenvalue weighted by Crippen LogP contribution is -2.46. The molecule has 0 aromatic heterocycles. The molecule has 0 spiro atoms. The number of rotatable bonds is 3. The minimum Gasteiger partial charge on any atom is -0.392 e. The van der Waals surface area contributed by atoms with Crippen LogP contribution in [-0.4, -0.2) is 27.7 Å². The van der Waals surface area contributed by atoms with Gasteiger partial charge in [0.25, 0.3) is 11.8 Å². The van der Waals surface area contributed by atoms with Crippen LogP contribution < -0.4 is 5.73 Å². The number of nitrogens with zero attached hydrogens (tertiary/aromatic N) is 1. The maximum atomic E-state index is 13.1. The molecule has 1 heterocycles. The largest absolute Gasteiger partial charge is 0.392 e. The van der Waals surface area contributed by atoms with Gasteiger partial charge in [0, 0.05) is 0 Å². The number of fused-ring (bicyclic) bond motifs is 1. The quantitative estimate of drug-likeness (QED) is 0.677. The molecule has 2 N–H and O–H groups in total. The summed E-state index contributed by atoms with van der Waals surface area (Å²) in [7, 11) is 0. The Morgan fingerprint density at radius 2 is 1.68 bits per heavy atom. The number of hydrogen-bond donors (Lipinski definition) is 1. The van der Waals surface area contributed by atoms with Gasteiger partial charge in [-0.05, 0) is 18.6 Å². The van der Waals surface area contributed by atoms with E-state index in [0.717, 1.165) is 17.0 Å². The van der Waals surface area contributed by atoms with Gasteiger partial charge in [-0.25, -0.2) is 8.78 Å². The van der Waals surface area contributed by atoms with Gasteiger partial charge >= 0.3 is 0 Å². The maximum absolute atomic E-state index is 13.1. The van der Waals surface area contributed by atoms with Crippen LogP contribution in [0, 0.1) is 11.6 Å². The summed E-state index contributed by atoms with van der Waals surface area (Å²) in [6, 6.07) is 0.683. The van der Waals surface area contributed by atoms with Gasteiger partial charge in [-0.2, -0.15) is 0 Å². The zero-order chi connectivity index (χ0) is 14.3. The topological polar surface area (TPSA) is 63.4 Å². The molecule has 2 amide bonds. The summed E-state index contributed by atoms with van der Waals surface area (Å²) in [6.07, 6.45) is 0.339. The van der Waals surface area contributed by atoms with Crippen molar-refractivity contribution < 1.29 is 18.4 Å². The molecule has 4 nitrogen and oxygen atoms in total. The van der Waals surface area contributed by atoms with Crippen LogP contribution in [0.3, 0.4) is 0 Å². The molecule has 0 fully saturated rings. The number of nitrogens with two attached hydrogens (primary N) is 1. The molecule has 1 aromatic carbocycles. The van der Waals surface area contributed by atoms with Gasteiger partial charge in [0.1, 0.15) is 0 Å². The number of carbonyl (C=O) groups excluding carboxylic acids is 2. The lowest BCUT2D eigenvalue weighted by molar-refractivity contribution is 0.0623. The smallest absolute Gasteiger partial charge is 0.262 e. The number of benzene rings is 1. The van der Waals surface area contributed by atoms with Crippen molar-refractivity contribution >= 4 is 29.0 Å². The van der Waals surface area contributed by atoms with Crippen LogP contribution >= 0.6 is 12.2 Å². The van der Waals surface area contributed by atoms with Crippen LogP contribution in [0.4, 0.5) is 8.78 Å². The standard InChI is InChI=1S/C12H10F2N2O2S/c1-2-9(10(15)19)16-11(17)5-3-7(13)8(14)4-6(5)12(16)18/h3-4,9H,2H2,1H3,(H2,15,19). The predicted octanol–water partition coefficient (Wildman–Crippen LogP) is 1.63. The number of carbonyl (C=O) groups is 2. The Morgan fingerprint density at radius 1 is 1.26 bits per heavy atom. The van der Waals surface area contributed by atoms with Crippen LogP contribution in [0.15, 0.2) is 12.1 Å². The zero-order valence-electron chi connectivity index (χ0n) is 9.94. The van der Waals surface area contributed by atoms with E-state index in [9.17, 15) is 18.4 Å². The highest BCUT2D eigenvalue weighted by Gasteiger charge is 2.41. The van der Waals surface area contributed by atoms with E-state index in [1.807, 2.05) is 0 Å². The molecule has 1 aliphatic rings. The van der Waals surface area contributed by atoms with E-state index in [4.69, 9.17) is 18.0 Å². The van der Waals surface area contributed by atoms with E-state index in [1.54, 1.807) is 6.92 Å². The molecule has 0 saturated heterocycles. The summed E-state index contributed by atoms with van der Waals surface area (Å²) in [6.45, 7) is 1.70. The van der Waals surface area contributed by atoms with Crippen molar-refractivity contribution in [3.63, 3.8) is 0 Å². The Balaban J connectivity index is 2.53. The van der Waals surface area contributed by atoms with Crippen LogP contribution in [0.5, 0.6) is 0 Å². The first kappa shape index (κ1) is 13.5. The summed E-state index contributed by atoms with van der Waals surface area (Å²) < 4.78 is 26.3. The molecule has 1 aromatic rings. The van der Waals surface area contributed by atoms with Crippen LogP contribution in [0.1, 0.15) is 34.1 Å². The Labute approximate surface area is 113 Å². The predicted molar refractivity (Wildman–Crippen MR) is 67.7 cm³/mol. The second-order valence-electron chi connectivity index (χ2n) is 4.12. The van der Waals surface area contributed by atoms with Gasteiger partial charge in [-0.1, -0.05) is 19.1 Å². The minimum absolute atomic E-state index is 0.0158. The molecule has 0 saturated carbocycles. The van der Waals surface area contributed by atoms with Gasteiger partial charge in [-0.3, -0.25) is 14.5 Å². The Hall–Kier alpha value is -1.89. The molecule has 0 aliphatic carbocycles. The number of imide groups is 1. The van der Waals surface area contributed by atoms with Gasteiger partial charge in [0.15, 0.2) is 11.6 Å². The fourth-order valence-corrected chi connectivity index (χ4v) is 2.32. The Kier molecular flexibility index (Phi) is 3.32. The molecule has 0 radical (unpaired) electrons. The second-order valence-corrected chi connectivity index (χ2v) is 4.59. The third kappa shape index (κ3) is 1.99. The summed E-state index contributed by atoms with van der Waals surface area (Å²) >= 11 is 4.80. The zero-order valence-corrected chi connectivity index (χ0v) is 10.8. The van der Waals surface area contributed by atoms with E-state index in [0.29, 0.717) is 6.42 Å². The molecule has 1 atom stereocenters. The fraction of sp³-hybridized carbons (Fsp3) is 0.250. The number of hydrogen-bond acceptors (Lipinski definition) is 3. The lowest BCUT2D eigenvalue weighted by Gasteiger charge is -2.23. The highest BCUT2D eigenvalue weighted by molar-refractivity contribution is 7.80. The van der Waals surface area contributed by atoms with Crippen molar-refractivity contribution in [2.24, 2.45) is 5.73 Å². The first-order chi connectivity index (χ1) is 8.88. The van der Waals surface area contributed by atoms with Gasteiger partial charge in [0.05, 0.1) is 22.2 Å². The number of halogens is 2. The maximum Gasteiger partial charge on any atom is 0.262 e. The average molecular weight is 284 g/mol. The average Bonchev–Trinajstić information content (AvgIpc) is 2.56. The van der Waals surface area contributed by atoms with Gasteiger partial charge in [-0.15, -0.1) is 0 Å². The van der Waals surface area contributed by atoms with Crippen molar-refractivity contribution in [3.8, 4) is 0 Å². The van der Waals surface area contributed by atoms with Crippen LogP contribution in [-0.2, 0) is 0 Å². The second kappa shape index (κ2) is 4.65. The fourth-order valence-electron chi connectivity index (χ4n) is 2.05. The third-order valence-electron chi connectivity index (χ3n) is 2.99. The number of amides is 2. The van der Waals surface area contributed by atoms with Crippen molar-refractivity contribution in [2.45, 2.75) is 19.4 Å². The summed E-state index contributed by atoms with van der Waals surface area (Å²) in [5.41, 5.74) is 5.15. The summed E-state index contributed by atoms with van der Waals surface area (Å²) in [4.78, 5) is 25.0. The minimum atomic E-state index is -1.18. The van der Waals surface area contributed by atoms with Gasteiger partial charge < -0.3 is 5.73 Å². The van der Waals surface area contributed by atoms with Crippen molar-refractivity contribution in [1.29, 1.82) is 0 Å². The molecule has 100 valence electrons. The van der Waals surface area contributed by atoms with Crippen molar-refractivity contribution in [2.75, 3.05) is 0 Å². The molecule has 1 aliphatic heterocycles. The van der Waals surface area contributed by atoms with Crippen LogP contribution in [0.25, 0.3) is 0 Å². The third-order valence-corrected chi connectivity index (χ3v) is 3.26. The highest BCUT2D eigenvalue weighted by atomic mass is 32.1. The Morgan fingerprint density at radius 3 is 2.00 bits per heavy atom. The van der Waals surface area contributed by atoms with Gasteiger partial charge in [0.2, 0.25) is 0 Å². The normalized spacial score (nSPS) is 15.6. The SMILES string of the molecule is CCC(C(N)=S)N1C(=O)c2cc(F)c(F)cc2C1=O. The summed E-state index contributed by atoms with van der Waals surface area (Å²) in [5, 5.41) is 0. The molecule has 1 unspecified atom stereocenters. The molecule has 2 rings (SSSR count). The summed E-state index contributed by atoms with van der Waals surface area (Å²) in [5.74, 6) is -3.77. The van der Waals surface area contributed by atoms with Crippen molar-refractivity contribution in [3.05, 3.63) is 34.9 Å².